The Bertz CT molecular complexity index is 291. The van der Waals surface area contributed by atoms with Crippen LogP contribution in [0.15, 0.2) is 18.8 Å². The molecule has 1 heterocycles. The molecule has 4 heteroatoms. The molecule has 0 amide bonds. The minimum absolute atomic E-state index is 0.250. The van der Waals surface area contributed by atoms with Gasteiger partial charge in [-0.25, -0.2) is 9.97 Å². The number of hydrogen-bond donors (Lipinski definition) is 0. The lowest BCUT2D eigenvalue weighted by molar-refractivity contribution is -0.191. The first-order valence-corrected chi connectivity index (χ1v) is 3.16. The van der Waals surface area contributed by atoms with Gasteiger partial charge in [-0.05, 0) is 19.1 Å². The van der Waals surface area contributed by atoms with Crippen molar-refractivity contribution in [3.8, 4) is 0 Å². The highest BCUT2D eigenvalue weighted by atomic mass is 16.2. The van der Waals surface area contributed by atoms with E-state index in [1.165, 1.54) is 0 Å². The van der Waals surface area contributed by atoms with Crippen molar-refractivity contribution in [2.24, 2.45) is 0 Å². The Morgan fingerprint density at radius 3 is 2.50 bits per heavy atom. The molecule has 0 radical (unpaired) electrons. The SMILES string of the molecule is C=Cc1ccnc(C)n1.O=C=O. The van der Waals surface area contributed by atoms with Gasteiger partial charge >= 0.3 is 6.15 Å². The molecule has 0 bridgehead atoms. The number of aryl methyl sites for hydroxylation is 1. The van der Waals surface area contributed by atoms with Gasteiger partial charge in [0, 0.05) is 6.20 Å². The highest BCUT2D eigenvalue weighted by Gasteiger charge is 1.85. The molecular weight excluding hydrogens is 156 g/mol. The fourth-order valence-corrected chi connectivity index (χ4v) is 0.588. The second-order valence-electron chi connectivity index (χ2n) is 1.82. The Labute approximate surface area is 70.0 Å². The molecule has 1 aromatic heterocycles. The van der Waals surface area contributed by atoms with Crippen LogP contribution in [0.2, 0.25) is 0 Å². The van der Waals surface area contributed by atoms with E-state index in [0.29, 0.717) is 0 Å². The van der Waals surface area contributed by atoms with Gasteiger partial charge in [-0.15, -0.1) is 0 Å². The zero-order valence-corrected chi connectivity index (χ0v) is 6.65. The Morgan fingerprint density at radius 2 is 2.17 bits per heavy atom. The third kappa shape index (κ3) is 4.09. The van der Waals surface area contributed by atoms with Gasteiger partial charge in [0.1, 0.15) is 5.82 Å². The number of hydrogen-bond acceptors (Lipinski definition) is 4. The van der Waals surface area contributed by atoms with E-state index in [0.717, 1.165) is 11.5 Å². The summed E-state index contributed by atoms with van der Waals surface area (Å²) in [5.74, 6) is 0.785. The Morgan fingerprint density at radius 1 is 1.58 bits per heavy atom. The van der Waals surface area contributed by atoms with Crippen molar-refractivity contribution in [3.63, 3.8) is 0 Å². The lowest BCUT2D eigenvalue weighted by atomic mass is 10.4. The number of aromatic nitrogens is 2. The molecule has 0 unspecified atom stereocenters. The van der Waals surface area contributed by atoms with Crippen LogP contribution in [-0.4, -0.2) is 16.1 Å². The maximum Gasteiger partial charge on any atom is 0.373 e. The van der Waals surface area contributed by atoms with Crippen molar-refractivity contribution in [1.29, 1.82) is 0 Å². The summed E-state index contributed by atoms with van der Waals surface area (Å²) in [5, 5.41) is 0. The second-order valence-corrected chi connectivity index (χ2v) is 1.82. The Balaban J connectivity index is 0.000000354. The fraction of sp³-hybridized carbons (Fsp3) is 0.125. The first kappa shape index (κ1) is 10.2. The van der Waals surface area contributed by atoms with Crippen LogP contribution in [0.25, 0.3) is 6.08 Å². The largest absolute Gasteiger partial charge is 0.373 e. The molecule has 0 aliphatic carbocycles. The van der Waals surface area contributed by atoms with E-state index in [1.54, 1.807) is 12.3 Å². The minimum atomic E-state index is 0.250. The number of rotatable bonds is 1. The van der Waals surface area contributed by atoms with Gasteiger partial charge < -0.3 is 0 Å². The monoisotopic (exact) mass is 164 g/mol. The van der Waals surface area contributed by atoms with Crippen LogP contribution in [0.4, 0.5) is 0 Å². The molecule has 0 atom stereocenters. The van der Waals surface area contributed by atoms with Crippen molar-refractivity contribution >= 4 is 12.2 Å². The normalized spacial score (nSPS) is 7.42. The summed E-state index contributed by atoms with van der Waals surface area (Å²) < 4.78 is 0. The summed E-state index contributed by atoms with van der Waals surface area (Å²) in [6.07, 6.45) is 3.67. The van der Waals surface area contributed by atoms with Crippen LogP contribution in [-0.2, 0) is 9.59 Å². The van der Waals surface area contributed by atoms with E-state index in [1.807, 2.05) is 13.0 Å². The van der Waals surface area contributed by atoms with Crippen LogP contribution in [0, 0.1) is 6.92 Å². The second kappa shape index (κ2) is 5.95. The summed E-state index contributed by atoms with van der Waals surface area (Å²) in [5.41, 5.74) is 0.877. The van der Waals surface area contributed by atoms with Crippen LogP contribution >= 0.6 is 0 Å². The van der Waals surface area contributed by atoms with E-state index >= 15 is 0 Å². The maximum absolute atomic E-state index is 8.12. The van der Waals surface area contributed by atoms with Crippen molar-refractivity contribution in [1.82, 2.24) is 9.97 Å². The number of carbonyl (C=O) groups excluding carboxylic acids is 2. The lowest BCUT2D eigenvalue weighted by Gasteiger charge is -1.90. The van der Waals surface area contributed by atoms with Crippen molar-refractivity contribution in [2.75, 3.05) is 0 Å². The predicted molar refractivity (Wildman–Crippen MR) is 41.9 cm³/mol. The average Bonchev–Trinajstić information content (AvgIpc) is 2.06. The average molecular weight is 164 g/mol. The van der Waals surface area contributed by atoms with Crippen LogP contribution in [0.1, 0.15) is 11.5 Å². The molecule has 1 rings (SSSR count). The standard InChI is InChI=1S/C7H8N2.CO2/c1-3-7-4-5-8-6(2)9-7;2-1-3/h3-5H,1H2,2H3;. The molecule has 12 heavy (non-hydrogen) atoms. The topological polar surface area (TPSA) is 59.9 Å². The predicted octanol–water partition coefficient (Wildman–Crippen LogP) is 0.845. The van der Waals surface area contributed by atoms with E-state index < -0.39 is 0 Å². The summed E-state index contributed by atoms with van der Waals surface area (Å²) in [7, 11) is 0. The first-order chi connectivity index (χ1) is 5.74. The fourth-order valence-electron chi connectivity index (χ4n) is 0.588. The molecule has 0 saturated heterocycles. The van der Waals surface area contributed by atoms with Crippen molar-refractivity contribution < 1.29 is 9.59 Å². The third-order valence-corrected chi connectivity index (χ3v) is 1.01. The van der Waals surface area contributed by atoms with Gasteiger partial charge in [0.15, 0.2) is 0 Å². The molecule has 62 valence electrons. The quantitative estimate of drug-likeness (QED) is 0.617. The van der Waals surface area contributed by atoms with Gasteiger partial charge in [0.05, 0.1) is 5.69 Å². The van der Waals surface area contributed by atoms with E-state index in [4.69, 9.17) is 9.59 Å². The Hall–Kier alpha value is -1.80. The zero-order chi connectivity index (χ0) is 9.40. The van der Waals surface area contributed by atoms with E-state index in [-0.39, 0.29) is 6.15 Å². The highest BCUT2D eigenvalue weighted by Crippen LogP contribution is 1.94. The summed E-state index contributed by atoms with van der Waals surface area (Å²) in [6.45, 7) is 5.44. The van der Waals surface area contributed by atoms with Gasteiger partial charge in [-0.3, -0.25) is 0 Å². The third-order valence-electron chi connectivity index (χ3n) is 1.01. The lowest BCUT2D eigenvalue weighted by Crippen LogP contribution is -1.86. The molecule has 1 aromatic rings. The maximum atomic E-state index is 8.12. The van der Waals surface area contributed by atoms with Crippen molar-refractivity contribution in [3.05, 3.63) is 30.4 Å². The highest BCUT2D eigenvalue weighted by molar-refractivity contribution is 5.39. The van der Waals surface area contributed by atoms with Gasteiger partial charge in [-0.1, -0.05) is 6.58 Å². The first-order valence-electron chi connectivity index (χ1n) is 3.16. The molecular formula is C8H8N2O2. The van der Waals surface area contributed by atoms with Crippen LogP contribution < -0.4 is 0 Å². The summed E-state index contributed by atoms with van der Waals surface area (Å²) in [6, 6.07) is 1.82. The van der Waals surface area contributed by atoms with Crippen LogP contribution in [0.3, 0.4) is 0 Å². The van der Waals surface area contributed by atoms with Gasteiger partial charge in [0.25, 0.3) is 0 Å². The van der Waals surface area contributed by atoms with Crippen molar-refractivity contribution in [2.45, 2.75) is 6.92 Å². The molecule has 0 saturated carbocycles. The molecule has 4 nitrogen and oxygen atoms in total. The van der Waals surface area contributed by atoms with Crippen LogP contribution in [0.5, 0.6) is 0 Å². The van der Waals surface area contributed by atoms with Gasteiger partial charge in [-0.2, -0.15) is 9.59 Å². The molecule has 0 aromatic carbocycles. The molecule has 0 spiro atoms. The van der Waals surface area contributed by atoms with E-state index in [2.05, 4.69) is 16.5 Å². The minimum Gasteiger partial charge on any atom is -0.242 e. The van der Waals surface area contributed by atoms with E-state index in [9.17, 15) is 0 Å². The Kier molecular flexibility index (Phi) is 5.05. The number of nitrogens with zero attached hydrogens (tertiary/aromatic N) is 2. The molecule has 0 N–H and O–H groups in total. The molecule has 0 aliphatic rings. The summed E-state index contributed by atoms with van der Waals surface area (Å²) >= 11 is 0. The smallest absolute Gasteiger partial charge is 0.242 e. The summed E-state index contributed by atoms with van der Waals surface area (Å²) in [4.78, 5) is 24.2. The molecule has 0 aliphatic heterocycles. The zero-order valence-electron chi connectivity index (χ0n) is 6.65. The van der Waals surface area contributed by atoms with Gasteiger partial charge in [0.2, 0.25) is 0 Å². The molecule has 0 fully saturated rings.